The summed E-state index contributed by atoms with van der Waals surface area (Å²) in [6, 6.07) is 6.64. The van der Waals surface area contributed by atoms with Crippen molar-refractivity contribution in [3.63, 3.8) is 0 Å². The van der Waals surface area contributed by atoms with Crippen LogP contribution in [-0.2, 0) is 6.42 Å². The van der Waals surface area contributed by atoms with Crippen molar-refractivity contribution in [3.05, 3.63) is 30.1 Å². The highest BCUT2D eigenvalue weighted by molar-refractivity contribution is 5.03. The molecule has 0 unspecified atom stereocenters. The van der Waals surface area contributed by atoms with Crippen molar-refractivity contribution < 1.29 is 0 Å². The molecule has 0 bridgehead atoms. The van der Waals surface area contributed by atoms with E-state index in [0.29, 0.717) is 12.0 Å². The lowest BCUT2D eigenvalue weighted by Crippen LogP contribution is -2.32. The minimum Gasteiger partial charge on any atom is -0.314 e. The van der Waals surface area contributed by atoms with Gasteiger partial charge in [-0.2, -0.15) is 0 Å². The van der Waals surface area contributed by atoms with E-state index in [4.69, 9.17) is 0 Å². The minimum atomic E-state index is 0.582. The van der Waals surface area contributed by atoms with Gasteiger partial charge in [0.25, 0.3) is 0 Å². The van der Waals surface area contributed by atoms with Crippen molar-refractivity contribution in [2.45, 2.75) is 33.2 Å². The first-order valence-electron chi connectivity index (χ1n) is 5.33. The highest BCUT2D eigenvalue weighted by Gasteiger charge is 2.04. The summed E-state index contributed by atoms with van der Waals surface area (Å²) in [5.74, 6) is 0.693. The van der Waals surface area contributed by atoms with Gasteiger partial charge in [0.05, 0.1) is 0 Å². The fourth-order valence-corrected chi connectivity index (χ4v) is 1.21. The van der Waals surface area contributed by atoms with Gasteiger partial charge in [-0.05, 0) is 25.0 Å². The predicted octanol–water partition coefficient (Wildman–Crippen LogP) is 2.26. The van der Waals surface area contributed by atoms with Gasteiger partial charge in [-0.3, -0.25) is 4.98 Å². The Hall–Kier alpha value is -0.890. The van der Waals surface area contributed by atoms with E-state index in [9.17, 15) is 0 Å². The van der Waals surface area contributed by atoms with Crippen LogP contribution in [0.3, 0.4) is 0 Å². The van der Waals surface area contributed by atoms with Gasteiger partial charge in [0.1, 0.15) is 0 Å². The van der Waals surface area contributed by atoms with Crippen LogP contribution in [0.1, 0.15) is 26.5 Å². The number of hydrogen-bond donors (Lipinski definition) is 1. The lowest BCUT2D eigenvalue weighted by atomic mass is 10.1. The first-order chi connectivity index (χ1) is 6.70. The Kier molecular flexibility index (Phi) is 4.60. The van der Waals surface area contributed by atoms with E-state index in [0.717, 1.165) is 18.7 Å². The number of aromatic nitrogens is 1. The topological polar surface area (TPSA) is 24.9 Å². The predicted molar refractivity (Wildman–Crippen MR) is 60.2 cm³/mol. The van der Waals surface area contributed by atoms with Crippen LogP contribution in [0.4, 0.5) is 0 Å². The van der Waals surface area contributed by atoms with E-state index < -0.39 is 0 Å². The van der Waals surface area contributed by atoms with Gasteiger partial charge in [-0.25, -0.2) is 0 Å². The standard InChI is InChI=1S/C12H20N2/c1-10(2)11(3)13-9-7-12-6-4-5-8-14-12/h4-6,8,10-11,13H,7,9H2,1-3H3/t11-/m1/s1. The summed E-state index contributed by atoms with van der Waals surface area (Å²) in [6.07, 6.45) is 2.86. The second kappa shape index (κ2) is 5.76. The van der Waals surface area contributed by atoms with Crippen molar-refractivity contribution in [1.29, 1.82) is 0 Å². The van der Waals surface area contributed by atoms with Crippen molar-refractivity contribution in [3.8, 4) is 0 Å². The SMILES string of the molecule is CC(C)[C@@H](C)NCCc1ccccn1. The van der Waals surface area contributed by atoms with Gasteiger partial charge in [0.15, 0.2) is 0 Å². The molecule has 1 rings (SSSR count). The fourth-order valence-electron chi connectivity index (χ4n) is 1.21. The number of rotatable bonds is 5. The molecule has 0 aliphatic rings. The van der Waals surface area contributed by atoms with Crippen LogP contribution in [0, 0.1) is 5.92 Å². The monoisotopic (exact) mass is 192 g/mol. The fraction of sp³-hybridized carbons (Fsp3) is 0.583. The van der Waals surface area contributed by atoms with Crippen molar-refractivity contribution in [1.82, 2.24) is 10.3 Å². The molecule has 14 heavy (non-hydrogen) atoms. The third-order valence-corrected chi connectivity index (χ3v) is 2.57. The third-order valence-electron chi connectivity index (χ3n) is 2.57. The molecule has 2 nitrogen and oxygen atoms in total. The van der Waals surface area contributed by atoms with E-state index in [-0.39, 0.29) is 0 Å². The van der Waals surface area contributed by atoms with Gasteiger partial charge in [-0.1, -0.05) is 19.9 Å². The van der Waals surface area contributed by atoms with Gasteiger partial charge < -0.3 is 5.32 Å². The molecule has 1 heterocycles. The molecule has 0 amide bonds. The van der Waals surface area contributed by atoms with Crippen molar-refractivity contribution in [2.75, 3.05) is 6.54 Å². The summed E-state index contributed by atoms with van der Waals surface area (Å²) in [5.41, 5.74) is 1.16. The normalized spacial score (nSPS) is 13.1. The van der Waals surface area contributed by atoms with Gasteiger partial charge in [-0.15, -0.1) is 0 Å². The summed E-state index contributed by atoms with van der Waals surface area (Å²) < 4.78 is 0. The molecule has 78 valence electrons. The van der Waals surface area contributed by atoms with Gasteiger partial charge in [0, 0.05) is 30.9 Å². The zero-order valence-electron chi connectivity index (χ0n) is 9.33. The average Bonchev–Trinajstić information content (AvgIpc) is 2.19. The zero-order chi connectivity index (χ0) is 10.4. The van der Waals surface area contributed by atoms with Crippen LogP contribution in [0.15, 0.2) is 24.4 Å². The number of hydrogen-bond acceptors (Lipinski definition) is 2. The first-order valence-corrected chi connectivity index (χ1v) is 5.33. The number of pyridine rings is 1. The quantitative estimate of drug-likeness (QED) is 0.774. The van der Waals surface area contributed by atoms with E-state index in [2.05, 4.69) is 37.1 Å². The Labute approximate surface area is 86.8 Å². The largest absolute Gasteiger partial charge is 0.314 e. The second-order valence-corrected chi connectivity index (χ2v) is 4.06. The van der Waals surface area contributed by atoms with Crippen molar-refractivity contribution >= 4 is 0 Å². The summed E-state index contributed by atoms with van der Waals surface area (Å²) in [7, 11) is 0. The Morgan fingerprint density at radius 2 is 2.07 bits per heavy atom. The maximum absolute atomic E-state index is 4.28. The van der Waals surface area contributed by atoms with Crippen LogP contribution >= 0.6 is 0 Å². The lowest BCUT2D eigenvalue weighted by Gasteiger charge is -2.16. The lowest BCUT2D eigenvalue weighted by molar-refractivity contribution is 0.429. The summed E-state index contributed by atoms with van der Waals surface area (Å²) in [4.78, 5) is 4.28. The van der Waals surface area contributed by atoms with Crippen LogP contribution < -0.4 is 5.32 Å². The van der Waals surface area contributed by atoms with Crippen LogP contribution in [0.2, 0.25) is 0 Å². The van der Waals surface area contributed by atoms with Crippen LogP contribution in [-0.4, -0.2) is 17.6 Å². The maximum Gasteiger partial charge on any atom is 0.0416 e. The van der Waals surface area contributed by atoms with E-state index >= 15 is 0 Å². The molecule has 1 aromatic heterocycles. The molecule has 0 aliphatic heterocycles. The van der Waals surface area contributed by atoms with Gasteiger partial charge >= 0.3 is 0 Å². The van der Waals surface area contributed by atoms with Crippen LogP contribution in [0.5, 0.6) is 0 Å². The molecule has 1 aromatic rings. The highest BCUT2D eigenvalue weighted by Crippen LogP contribution is 2.00. The molecule has 0 saturated carbocycles. The molecule has 0 spiro atoms. The first kappa shape index (κ1) is 11.2. The molecular formula is C12H20N2. The van der Waals surface area contributed by atoms with E-state index in [1.165, 1.54) is 0 Å². The number of nitrogens with zero attached hydrogens (tertiary/aromatic N) is 1. The molecule has 0 aliphatic carbocycles. The molecule has 1 N–H and O–H groups in total. The Morgan fingerprint density at radius 3 is 2.64 bits per heavy atom. The molecule has 0 saturated heterocycles. The minimum absolute atomic E-state index is 0.582. The smallest absolute Gasteiger partial charge is 0.0416 e. The molecule has 0 radical (unpaired) electrons. The second-order valence-electron chi connectivity index (χ2n) is 4.06. The third kappa shape index (κ3) is 3.88. The van der Waals surface area contributed by atoms with Crippen molar-refractivity contribution in [2.24, 2.45) is 5.92 Å². The van der Waals surface area contributed by atoms with Gasteiger partial charge in [0.2, 0.25) is 0 Å². The highest BCUT2D eigenvalue weighted by atomic mass is 14.9. The maximum atomic E-state index is 4.28. The molecule has 0 fully saturated rings. The summed E-state index contributed by atoms with van der Waals surface area (Å²) in [6.45, 7) is 7.70. The zero-order valence-corrected chi connectivity index (χ0v) is 9.33. The average molecular weight is 192 g/mol. The summed E-state index contributed by atoms with van der Waals surface area (Å²) in [5, 5.41) is 3.49. The molecule has 0 aromatic carbocycles. The Morgan fingerprint density at radius 1 is 1.29 bits per heavy atom. The van der Waals surface area contributed by atoms with Crippen LogP contribution in [0.25, 0.3) is 0 Å². The van der Waals surface area contributed by atoms with E-state index in [1.54, 1.807) is 0 Å². The molecule has 2 heteroatoms. The Bertz CT molecular complexity index is 244. The summed E-state index contributed by atoms with van der Waals surface area (Å²) >= 11 is 0. The Balaban J connectivity index is 2.22. The number of nitrogens with one attached hydrogen (secondary N) is 1. The van der Waals surface area contributed by atoms with E-state index in [1.807, 2.05) is 18.3 Å². The molecular weight excluding hydrogens is 172 g/mol. The molecule has 1 atom stereocenters.